The molecule has 0 bridgehead atoms. The average molecular weight is 435 g/mol. The molecule has 0 aliphatic carbocycles. The smallest absolute Gasteiger partial charge is 0.406 e. The highest BCUT2D eigenvalue weighted by Gasteiger charge is 2.38. The number of ether oxygens (including phenoxy) is 1. The molecule has 0 radical (unpaired) electrons. The molecular weight excluding hydrogens is 415 g/mol. The molecule has 7 nitrogen and oxygen atoms in total. The second-order valence-electron chi connectivity index (χ2n) is 6.91. The summed E-state index contributed by atoms with van der Waals surface area (Å²) in [6.07, 6.45) is -4.41. The van der Waals surface area contributed by atoms with Gasteiger partial charge in [0.25, 0.3) is 0 Å². The van der Waals surface area contributed by atoms with Gasteiger partial charge in [0.05, 0.1) is 6.42 Å². The fourth-order valence-electron chi connectivity index (χ4n) is 3.24. The summed E-state index contributed by atoms with van der Waals surface area (Å²) < 4.78 is 41.2. The zero-order valence-electron chi connectivity index (χ0n) is 16.5. The lowest BCUT2D eigenvalue weighted by Crippen LogP contribution is -2.33. The van der Waals surface area contributed by atoms with Crippen LogP contribution in [0.2, 0.25) is 0 Å². The van der Waals surface area contributed by atoms with Crippen molar-refractivity contribution in [1.82, 2.24) is 5.32 Å². The van der Waals surface area contributed by atoms with E-state index < -0.39 is 29.8 Å². The fourth-order valence-corrected chi connectivity index (χ4v) is 3.24. The van der Waals surface area contributed by atoms with Crippen molar-refractivity contribution in [1.29, 1.82) is 0 Å². The first-order chi connectivity index (χ1) is 14.7. The second kappa shape index (κ2) is 9.07. The molecule has 2 aromatic rings. The van der Waals surface area contributed by atoms with E-state index in [1.165, 1.54) is 17.0 Å². The molecule has 0 aromatic heterocycles. The van der Waals surface area contributed by atoms with E-state index in [9.17, 15) is 27.6 Å². The van der Waals surface area contributed by atoms with E-state index in [4.69, 9.17) is 0 Å². The number of benzene rings is 2. The van der Waals surface area contributed by atoms with Gasteiger partial charge < -0.3 is 20.3 Å². The number of nitrogens with one attached hydrogen (secondary N) is 2. The predicted octanol–water partition coefficient (Wildman–Crippen LogP) is 2.87. The van der Waals surface area contributed by atoms with Crippen molar-refractivity contribution >= 4 is 29.1 Å². The van der Waals surface area contributed by atoms with Crippen molar-refractivity contribution in [2.24, 2.45) is 5.92 Å². The maximum Gasteiger partial charge on any atom is 0.573 e. The van der Waals surface area contributed by atoms with Gasteiger partial charge in [-0.15, -0.1) is 13.2 Å². The first kappa shape index (κ1) is 22.1. The van der Waals surface area contributed by atoms with Crippen molar-refractivity contribution < 1.29 is 32.3 Å². The Morgan fingerprint density at radius 1 is 1.16 bits per heavy atom. The molecule has 1 aliphatic heterocycles. The van der Waals surface area contributed by atoms with Crippen LogP contribution in [0.4, 0.5) is 24.5 Å². The van der Waals surface area contributed by atoms with Crippen LogP contribution in [0.3, 0.4) is 0 Å². The highest BCUT2D eigenvalue weighted by atomic mass is 19.4. The molecule has 1 aliphatic rings. The number of hydrogen-bond acceptors (Lipinski definition) is 4. The summed E-state index contributed by atoms with van der Waals surface area (Å²) in [7, 11) is 1.54. The molecule has 1 saturated heterocycles. The molecule has 3 rings (SSSR count). The summed E-state index contributed by atoms with van der Waals surface area (Å²) >= 11 is 0. The van der Waals surface area contributed by atoms with Crippen LogP contribution >= 0.6 is 0 Å². The van der Waals surface area contributed by atoms with Crippen LogP contribution in [0.15, 0.2) is 48.5 Å². The Hall–Kier alpha value is -3.56. The topological polar surface area (TPSA) is 87.7 Å². The summed E-state index contributed by atoms with van der Waals surface area (Å²) in [4.78, 5) is 37.9. The number of nitrogens with zero attached hydrogens (tertiary/aromatic N) is 1. The van der Waals surface area contributed by atoms with Gasteiger partial charge in [-0.2, -0.15) is 0 Å². The Morgan fingerprint density at radius 2 is 1.87 bits per heavy atom. The number of likely N-dealkylation sites (N-methyl/N-ethyl adjacent to an activating group) is 1. The van der Waals surface area contributed by atoms with Gasteiger partial charge >= 0.3 is 6.36 Å². The molecule has 10 heteroatoms. The van der Waals surface area contributed by atoms with Gasteiger partial charge in [0.15, 0.2) is 0 Å². The Balaban J connectivity index is 1.64. The molecule has 0 spiro atoms. The standard InChI is InChI=1S/C21H20F3N3O4/c1-25-18(28)11-13-5-7-14(8-6-13)26-19(29)17-9-10-27(20(17)30)15-3-2-4-16(12-15)31-21(22,23)24/h2-8,12,17H,9-11H2,1H3,(H,25,28)(H,26,29)/t17-/m1/s1. The molecule has 31 heavy (non-hydrogen) atoms. The lowest BCUT2D eigenvalue weighted by atomic mass is 10.1. The van der Waals surface area contributed by atoms with E-state index in [2.05, 4.69) is 15.4 Å². The number of rotatable bonds is 6. The van der Waals surface area contributed by atoms with Crippen molar-refractivity contribution in [2.75, 3.05) is 23.8 Å². The Kier molecular flexibility index (Phi) is 6.47. The lowest BCUT2D eigenvalue weighted by Gasteiger charge is -2.18. The molecule has 0 saturated carbocycles. The van der Waals surface area contributed by atoms with E-state index >= 15 is 0 Å². The Labute approximate surface area is 176 Å². The van der Waals surface area contributed by atoms with Crippen molar-refractivity contribution in [3.63, 3.8) is 0 Å². The zero-order chi connectivity index (χ0) is 22.6. The van der Waals surface area contributed by atoms with Crippen LogP contribution in [0.25, 0.3) is 0 Å². The largest absolute Gasteiger partial charge is 0.573 e. The molecule has 0 unspecified atom stereocenters. The summed E-state index contributed by atoms with van der Waals surface area (Å²) in [6, 6.07) is 11.7. The molecule has 3 amide bonds. The molecule has 1 fully saturated rings. The SMILES string of the molecule is CNC(=O)Cc1ccc(NC(=O)[C@H]2CCN(c3cccc(OC(F)(F)F)c3)C2=O)cc1. The normalized spacial score (nSPS) is 16.2. The first-order valence-electron chi connectivity index (χ1n) is 9.44. The molecule has 2 aromatic carbocycles. The lowest BCUT2D eigenvalue weighted by molar-refractivity contribution is -0.274. The van der Waals surface area contributed by atoms with Crippen LogP contribution < -0.4 is 20.3 Å². The number of halogens is 3. The van der Waals surface area contributed by atoms with Gasteiger partial charge in [-0.25, -0.2) is 0 Å². The number of alkyl halides is 3. The van der Waals surface area contributed by atoms with Crippen LogP contribution in [0.5, 0.6) is 5.75 Å². The Bertz CT molecular complexity index is 977. The summed E-state index contributed by atoms with van der Waals surface area (Å²) in [5, 5.41) is 5.18. The minimum atomic E-state index is -4.84. The quantitative estimate of drug-likeness (QED) is 0.683. The van der Waals surface area contributed by atoms with E-state index in [1.54, 1.807) is 31.3 Å². The van der Waals surface area contributed by atoms with Crippen molar-refractivity contribution in [3.8, 4) is 5.75 Å². The van der Waals surface area contributed by atoms with Crippen LogP contribution in [0.1, 0.15) is 12.0 Å². The van der Waals surface area contributed by atoms with E-state index in [1.807, 2.05) is 0 Å². The van der Waals surface area contributed by atoms with Crippen molar-refractivity contribution in [3.05, 3.63) is 54.1 Å². The van der Waals surface area contributed by atoms with Crippen LogP contribution in [-0.4, -0.2) is 37.7 Å². The number of amides is 3. The molecule has 2 N–H and O–H groups in total. The monoisotopic (exact) mass is 435 g/mol. The van der Waals surface area contributed by atoms with Gasteiger partial charge in [0, 0.05) is 31.0 Å². The third kappa shape index (κ3) is 5.74. The van der Waals surface area contributed by atoms with E-state index in [0.717, 1.165) is 17.7 Å². The van der Waals surface area contributed by atoms with Gasteiger partial charge in [-0.05, 0) is 36.2 Å². The van der Waals surface area contributed by atoms with E-state index in [-0.39, 0.29) is 31.0 Å². The molecular formula is C21H20F3N3O4. The number of carbonyl (C=O) groups excluding carboxylic acids is 3. The maximum absolute atomic E-state index is 12.7. The molecule has 1 heterocycles. The fraction of sp³-hybridized carbons (Fsp3) is 0.286. The minimum Gasteiger partial charge on any atom is -0.406 e. The second-order valence-corrected chi connectivity index (χ2v) is 6.91. The zero-order valence-corrected chi connectivity index (χ0v) is 16.5. The minimum absolute atomic E-state index is 0.141. The van der Waals surface area contributed by atoms with Gasteiger partial charge in [0.2, 0.25) is 17.7 Å². The van der Waals surface area contributed by atoms with Gasteiger partial charge in [-0.1, -0.05) is 18.2 Å². The maximum atomic E-state index is 12.7. The third-order valence-corrected chi connectivity index (χ3v) is 4.75. The number of hydrogen-bond donors (Lipinski definition) is 2. The highest BCUT2D eigenvalue weighted by molar-refractivity contribution is 6.13. The summed E-state index contributed by atoms with van der Waals surface area (Å²) in [5.41, 5.74) is 1.46. The van der Waals surface area contributed by atoms with Crippen molar-refractivity contribution in [2.45, 2.75) is 19.2 Å². The molecule has 164 valence electrons. The first-order valence-corrected chi connectivity index (χ1v) is 9.44. The average Bonchev–Trinajstić information content (AvgIpc) is 3.09. The van der Waals surface area contributed by atoms with Gasteiger partial charge in [0.1, 0.15) is 11.7 Å². The van der Waals surface area contributed by atoms with Crippen LogP contribution in [0, 0.1) is 5.92 Å². The van der Waals surface area contributed by atoms with Gasteiger partial charge in [-0.3, -0.25) is 14.4 Å². The Morgan fingerprint density at radius 3 is 2.52 bits per heavy atom. The third-order valence-electron chi connectivity index (χ3n) is 4.75. The highest BCUT2D eigenvalue weighted by Crippen LogP contribution is 2.31. The number of carbonyl (C=O) groups is 3. The van der Waals surface area contributed by atoms with E-state index in [0.29, 0.717) is 5.69 Å². The summed E-state index contributed by atoms with van der Waals surface area (Å²) in [5.74, 6) is -2.55. The molecule has 1 atom stereocenters. The summed E-state index contributed by atoms with van der Waals surface area (Å²) in [6.45, 7) is 0.192. The number of anilines is 2. The van der Waals surface area contributed by atoms with Crippen LogP contribution in [-0.2, 0) is 20.8 Å². The predicted molar refractivity (Wildman–Crippen MR) is 106 cm³/mol.